The molecule has 8 aromatic carbocycles. The lowest BCUT2D eigenvalue weighted by Gasteiger charge is -2.42. The van der Waals surface area contributed by atoms with E-state index in [4.69, 9.17) is 9.40 Å². The molecule has 5 heterocycles. The number of hydrogen-bond acceptors (Lipinski definition) is 6. The first-order valence-corrected chi connectivity index (χ1v) is 25.4. The molecule has 0 unspecified atom stereocenters. The zero-order chi connectivity index (χ0) is 49.9. The smallest absolute Gasteiger partial charge is 0.277 e. The summed E-state index contributed by atoms with van der Waals surface area (Å²) in [5, 5.41) is 2.15. The molecule has 8 heteroatoms. The first kappa shape index (κ1) is 44.5. The summed E-state index contributed by atoms with van der Waals surface area (Å²) < 4.78 is 9.55. The van der Waals surface area contributed by atoms with Gasteiger partial charge in [-0.05, 0) is 111 Å². The number of furan rings is 1. The van der Waals surface area contributed by atoms with E-state index in [1.165, 1.54) is 16.6 Å². The van der Waals surface area contributed by atoms with Crippen molar-refractivity contribution in [2.24, 2.45) is 0 Å². The Labute approximate surface area is 428 Å². The Hall–Kier alpha value is -8.49. The van der Waals surface area contributed by atoms with Crippen molar-refractivity contribution in [2.75, 3.05) is 33.7 Å². The van der Waals surface area contributed by atoms with Crippen LogP contribution in [0.4, 0.5) is 57.0 Å². The fourth-order valence-corrected chi connectivity index (χ4v) is 11.3. The Kier molecular flexibility index (Phi) is 10.1. The van der Waals surface area contributed by atoms with Crippen molar-refractivity contribution in [3.05, 3.63) is 211 Å². The summed E-state index contributed by atoms with van der Waals surface area (Å²) in [6.07, 6.45) is 2.18. The van der Waals surface area contributed by atoms with E-state index in [-0.39, 0.29) is 17.5 Å². The van der Waals surface area contributed by atoms with Crippen LogP contribution < -0.4 is 36.1 Å². The topological polar surface area (TPSA) is 43.4 Å². The standard InChI is InChI=1S/C65H57BN6O/c1-64(2,3)43-28-32-46(33-29-43)70(47-34-30-44(31-35-47)65(4,5)6)49-36-37-53-57(40-49)72(56-27-16-24-52-51-23-15-22-50(60(51)73-61(52)56)42-18-11-9-12-19-42)55-26-17-25-54-59(55)66(53)62-63(71(54)45-20-13-10-14-21-45)69-39-38-48(68(7)8)41-58(69)67-62/h9-41H,1-8H3. The third-order valence-electron chi connectivity index (χ3n) is 15.1. The molecule has 0 saturated heterocycles. The van der Waals surface area contributed by atoms with Gasteiger partial charge in [-0.3, -0.25) is 9.30 Å². The molecular formula is C65H57BN6O. The van der Waals surface area contributed by atoms with Gasteiger partial charge >= 0.3 is 0 Å². The highest BCUT2D eigenvalue weighted by Crippen LogP contribution is 2.49. The van der Waals surface area contributed by atoms with Crippen LogP contribution in [0.15, 0.2) is 205 Å². The van der Waals surface area contributed by atoms with E-state index in [0.717, 1.165) is 107 Å². The molecule has 7 nitrogen and oxygen atoms in total. The highest BCUT2D eigenvalue weighted by atomic mass is 16.3. The maximum absolute atomic E-state index is 7.28. The van der Waals surface area contributed by atoms with Gasteiger partial charge < -0.3 is 19.1 Å². The predicted octanol–water partition coefficient (Wildman–Crippen LogP) is 15.1. The molecule has 0 aliphatic carbocycles. The molecule has 0 radical (unpaired) electrons. The van der Waals surface area contributed by atoms with Crippen molar-refractivity contribution < 1.29 is 4.42 Å². The number of anilines is 10. The third kappa shape index (κ3) is 7.14. The number of pyridine rings is 1. The van der Waals surface area contributed by atoms with Crippen molar-refractivity contribution in [1.29, 1.82) is 0 Å². The summed E-state index contributed by atoms with van der Waals surface area (Å²) >= 11 is 0. The van der Waals surface area contributed by atoms with Crippen molar-refractivity contribution in [3.63, 3.8) is 0 Å². The van der Waals surface area contributed by atoms with Gasteiger partial charge in [-0.15, -0.1) is 0 Å². The molecule has 0 saturated carbocycles. The average molecular weight is 949 g/mol. The highest BCUT2D eigenvalue weighted by Gasteiger charge is 2.46. The minimum atomic E-state index is -0.200. The number of imidazole rings is 1. The number of nitrogens with zero attached hydrogens (tertiary/aromatic N) is 6. The second kappa shape index (κ2) is 16.5. The Bertz CT molecular complexity index is 3860. The molecule has 0 atom stereocenters. The van der Waals surface area contributed by atoms with Crippen LogP contribution in [-0.4, -0.2) is 30.2 Å². The number of aromatic nitrogens is 2. The lowest BCUT2D eigenvalue weighted by molar-refractivity contribution is 0.590. The van der Waals surface area contributed by atoms with Crippen molar-refractivity contribution >= 4 is 108 Å². The van der Waals surface area contributed by atoms with Crippen LogP contribution in [0.3, 0.4) is 0 Å². The Morgan fingerprint density at radius 2 is 1.07 bits per heavy atom. The number of rotatable bonds is 7. The summed E-state index contributed by atoms with van der Waals surface area (Å²) in [7, 11) is 4.17. The molecule has 0 fully saturated rings. The predicted molar refractivity (Wildman–Crippen MR) is 308 cm³/mol. The molecule has 2 aliphatic heterocycles. The summed E-state index contributed by atoms with van der Waals surface area (Å²) in [4.78, 5) is 15.1. The summed E-state index contributed by atoms with van der Waals surface area (Å²) in [6, 6.07) is 71.0. The van der Waals surface area contributed by atoms with Crippen LogP contribution in [0.2, 0.25) is 0 Å². The van der Waals surface area contributed by atoms with Gasteiger partial charge in [0, 0.05) is 88.2 Å². The van der Waals surface area contributed by atoms with E-state index in [9.17, 15) is 0 Å². The lowest BCUT2D eigenvalue weighted by atomic mass is 9.35. The third-order valence-corrected chi connectivity index (χ3v) is 15.1. The number of para-hydroxylation sites is 3. The van der Waals surface area contributed by atoms with Crippen LogP contribution in [-0.2, 0) is 10.8 Å². The zero-order valence-electron chi connectivity index (χ0n) is 42.7. The molecule has 0 N–H and O–H groups in total. The first-order valence-electron chi connectivity index (χ1n) is 25.4. The Morgan fingerprint density at radius 1 is 0.493 bits per heavy atom. The molecule has 11 aromatic rings. The first-order chi connectivity index (χ1) is 35.3. The zero-order valence-corrected chi connectivity index (χ0v) is 42.7. The van der Waals surface area contributed by atoms with E-state index < -0.39 is 0 Å². The molecule has 73 heavy (non-hydrogen) atoms. The quantitative estimate of drug-likeness (QED) is 0.148. The Morgan fingerprint density at radius 3 is 1.71 bits per heavy atom. The van der Waals surface area contributed by atoms with Crippen LogP contribution in [0.25, 0.3) is 38.7 Å². The van der Waals surface area contributed by atoms with Gasteiger partial charge in [0.25, 0.3) is 6.71 Å². The summed E-state index contributed by atoms with van der Waals surface area (Å²) in [5.41, 5.74) is 20.4. The second-order valence-corrected chi connectivity index (χ2v) is 22.0. The van der Waals surface area contributed by atoms with Crippen molar-refractivity contribution in [2.45, 2.75) is 52.4 Å². The molecule has 3 aromatic heterocycles. The normalized spacial score (nSPS) is 13.1. The van der Waals surface area contributed by atoms with Gasteiger partial charge in [0.1, 0.15) is 17.0 Å². The minimum Gasteiger partial charge on any atom is -0.453 e. The maximum Gasteiger partial charge on any atom is 0.277 e. The fourth-order valence-electron chi connectivity index (χ4n) is 11.3. The molecule has 0 bridgehead atoms. The monoisotopic (exact) mass is 948 g/mol. The van der Waals surface area contributed by atoms with E-state index in [0.29, 0.717) is 0 Å². The average Bonchev–Trinajstić information content (AvgIpc) is 3.98. The van der Waals surface area contributed by atoms with E-state index >= 15 is 0 Å². The fraction of sp³-hybridized carbons (Fsp3) is 0.154. The van der Waals surface area contributed by atoms with E-state index in [2.05, 4.69) is 280 Å². The van der Waals surface area contributed by atoms with Crippen LogP contribution in [0.1, 0.15) is 52.7 Å². The largest absolute Gasteiger partial charge is 0.453 e. The van der Waals surface area contributed by atoms with Crippen molar-refractivity contribution in [1.82, 2.24) is 9.38 Å². The second-order valence-electron chi connectivity index (χ2n) is 22.0. The maximum atomic E-state index is 7.28. The van der Waals surface area contributed by atoms with Gasteiger partial charge in [0.05, 0.1) is 11.3 Å². The van der Waals surface area contributed by atoms with Gasteiger partial charge in [0.15, 0.2) is 5.58 Å². The van der Waals surface area contributed by atoms with Gasteiger partial charge in [-0.2, -0.15) is 0 Å². The van der Waals surface area contributed by atoms with Gasteiger partial charge in [-0.1, -0.05) is 157 Å². The molecule has 0 amide bonds. The SMILES string of the molecule is CN(C)c1ccn2c3c(nc2c1)B1c2ccc(N(c4ccc(C(C)(C)C)cc4)c4ccc(C(C)(C)C)cc4)cc2N(c2cccc4c2oc2c(-c5ccccc5)cccc24)c2cccc(c21)N3c1ccccc1. The molecule has 0 spiro atoms. The highest BCUT2D eigenvalue weighted by molar-refractivity contribution is 7.00. The number of fused-ring (bicyclic) bond motifs is 9. The minimum absolute atomic E-state index is 0.0106. The summed E-state index contributed by atoms with van der Waals surface area (Å²) in [5.74, 6) is 1.04. The van der Waals surface area contributed by atoms with Crippen LogP contribution in [0, 0.1) is 0 Å². The van der Waals surface area contributed by atoms with E-state index in [1.807, 2.05) is 0 Å². The lowest BCUT2D eigenvalue weighted by Crippen LogP contribution is -2.61. The summed E-state index contributed by atoms with van der Waals surface area (Å²) in [6.45, 7) is 13.5. The van der Waals surface area contributed by atoms with Crippen LogP contribution >= 0.6 is 0 Å². The van der Waals surface area contributed by atoms with E-state index in [1.54, 1.807) is 0 Å². The molecule has 2 aliphatic rings. The molecule has 13 rings (SSSR count). The number of hydrogen-bond donors (Lipinski definition) is 0. The number of benzene rings is 8. The van der Waals surface area contributed by atoms with Crippen molar-refractivity contribution in [3.8, 4) is 11.1 Å². The van der Waals surface area contributed by atoms with Gasteiger partial charge in [-0.25, -0.2) is 4.98 Å². The molecule has 356 valence electrons. The van der Waals surface area contributed by atoms with Gasteiger partial charge in [0.2, 0.25) is 0 Å². The Balaban J connectivity index is 1.10. The van der Waals surface area contributed by atoms with Crippen LogP contribution in [0.5, 0.6) is 0 Å². The molecular weight excluding hydrogens is 892 g/mol.